The summed E-state index contributed by atoms with van der Waals surface area (Å²) in [7, 11) is 0. The molecule has 0 aliphatic rings. The van der Waals surface area contributed by atoms with E-state index in [4.69, 9.17) is 5.26 Å². The summed E-state index contributed by atoms with van der Waals surface area (Å²) in [6.07, 6.45) is 0. The molecule has 0 bridgehead atoms. The summed E-state index contributed by atoms with van der Waals surface area (Å²) in [6.45, 7) is 1.85. The molecular weight excluding hydrogens is 326 g/mol. The van der Waals surface area contributed by atoms with Gasteiger partial charge in [-0.05, 0) is 37.3 Å². The molecule has 0 aliphatic heterocycles. The van der Waals surface area contributed by atoms with Gasteiger partial charge in [0.15, 0.2) is 4.34 Å². The first-order chi connectivity index (χ1) is 11.2. The Balaban J connectivity index is 1.68. The van der Waals surface area contributed by atoms with Gasteiger partial charge >= 0.3 is 0 Å². The van der Waals surface area contributed by atoms with Crippen molar-refractivity contribution in [3.8, 4) is 6.07 Å². The minimum absolute atomic E-state index is 0.107. The van der Waals surface area contributed by atoms with Crippen LogP contribution in [0, 0.1) is 11.3 Å². The average Bonchev–Trinajstić information content (AvgIpc) is 2.97. The van der Waals surface area contributed by atoms with Gasteiger partial charge in [-0.1, -0.05) is 30.0 Å². The fourth-order valence-corrected chi connectivity index (χ4v) is 4.23. The lowest BCUT2D eigenvalue weighted by atomic mass is 10.2. The van der Waals surface area contributed by atoms with Crippen LogP contribution in [0.3, 0.4) is 0 Å². The number of anilines is 1. The minimum atomic E-state index is -0.277. The first-order valence-electron chi connectivity index (χ1n) is 6.99. The third kappa shape index (κ3) is 3.70. The van der Waals surface area contributed by atoms with Crippen molar-refractivity contribution in [1.29, 1.82) is 5.26 Å². The largest absolute Gasteiger partial charge is 0.325 e. The number of rotatable bonds is 4. The first-order valence-corrected chi connectivity index (χ1v) is 8.68. The molecule has 1 atom stereocenters. The Morgan fingerprint density at radius 2 is 2.13 bits per heavy atom. The van der Waals surface area contributed by atoms with Crippen molar-refractivity contribution in [2.45, 2.75) is 16.5 Å². The van der Waals surface area contributed by atoms with Gasteiger partial charge in [0.2, 0.25) is 5.91 Å². The number of nitriles is 1. The van der Waals surface area contributed by atoms with E-state index in [0.717, 1.165) is 14.6 Å². The van der Waals surface area contributed by atoms with Gasteiger partial charge in [-0.25, -0.2) is 4.98 Å². The van der Waals surface area contributed by atoms with Gasteiger partial charge < -0.3 is 5.32 Å². The fourth-order valence-electron chi connectivity index (χ4n) is 2.02. The number of aromatic nitrogens is 1. The molecule has 1 aromatic heterocycles. The number of nitrogens with zero attached hydrogens (tertiary/aromatic N) is 2. The van der Waals surface area contributed by atoms with E-state index in [1.165, 1.54) is 11.8 Å². The molecule has 1 heterocycles. The molecule has 1 unspecified atom stereocenters. The van der Waals surface area contributed by atoms with Crippen LogP contribution in [0.1, 0.15) is 12.5 Å². The van der Waals surface area contributed by atoms with Crippen molar-refractivity contribution in [3.63, 3.8) is 0 Å². The number of para-hydroxylation sites is 1. The van der Waals surface area contributed by atoms with Gasteiger partial charge in [-0.2, -0.15) is 5.26 Å². The maximum absolute atomic E-state index is 12.3. The number of carbonyl (C=O) groups excluding carboxylic acids is 1. The van der Waals surface area contributed by atoms with E-state index >= 15 is 0 Å². The van der Waals surface area contributed by atoms with Gasteiger partial charge in [0, 0.05) is 5.69 Å². The number of amides is 1. The van der Waals surface area contributed by atoms with E-state index in [1.54, 1.807) is 35.6 Å². The van der Waals surface area contributed by atoms with E-state index < -0.39 is 0 Å². The lowest BCUT2D eigenvalue weighted by molar-refractivity contribution is -0.115. The van der Waals surface area contributed by atoms with Crippen LogP contribution >= 0.6 is 23.1 Å². The minimum Gasteiger partial charge on any atom is -0.325 e. The number of thiazole rings is 1. The van der Waals surface area contributed by atoms with E-state index in [1.807, 2.05) is 31.2 Å². The Hall–Kier alpha value is -2.36. The van der Waals surface area contributed by atoms with E-state index in [-0.39, 0.29) is 11.2 Å². The van der Waals surface area contributed by atoms with Gasteiger partial charge in [-0.3, -0.25) is 4.79 Å². The van der Waals surface area contributed by atoms with Crippen LogP contribution in [0.2, 0.25) is 0 Å². The summed E-state index contributed by atoms with van der Waals surface area (Å²) in [6, 6.07) is 16.9. The number of carbonyl (C=O) groups is 1. The highest BCUT2D eigenvalue weighted by Crippen LogP contribution is 2.32. The van der Waals surface area contributed by atoms with E-state index in [9.17, 15) is 4.79 Å². The van der Waals surface area contributed by atoms with Crippen molar-refractivity contribution in [3.05, 3.63) is 54.1 Å². The molecule has 0 fully saturated rings. The van der Waals surface area contributed by atoms with Crippen LogP contribution in [0.15, 0.2) is 52.9 Å². The molecular formula is C17H13N3OS2. The Labute approximate surface area is 142 Å². The number of hydrogen-bond donors (Lipinski definition) is 1. The molecule has 0 aliphatic carbocycles. The smallest absolute Gasteiger partial charge is 0.237 e. The lowest BCUT2D eigenvalue weighted by Crippen LogP contribution is -2.22. The van der Waals surface area contributed by atoms with Gasteiger partial charge in [0.25, 0.3) is 0 Å². The van der Waals surface area contributed by atoms with Crippen LogP contribution in [0.4, 0.5) is 5.69 Å². The summed E-state index contributed by atoms with van der Waals surface area (Å²) >= 11 is 3.02. The Morgan fingerprint density at radius 1 is 1.30 bits per heavy atom. The topological polar surface area (TPSA) is 65.8 Å². The van der Waals surface area contributed by atoms with Crippen molar-refractivity contribution in [2.75, 3.05) is 5.32 Å². The lowest BCUT2D eigenvalue weighted by Gasteiger charge is -2.10. The predicted molar refractivity (Wildman–Crippen MR) is 94.7 cm³/mol. The monoisotopic (exact) mass is 339 g/mol. The van der Waals surface area contributed by atoms with Crippen LogP contribution in [-0.4, -0.2) is 16.1 Å². The molecule has 6 heteroatoms. The van der Waals surface area contributed by atoms with Gasteiger partial charge in [-0.15, -0.1) is 11.3 Å². The number of nitrogens with one attached hydrogen (secondary N) is 1. The van der Waals surface area contributed by atoms with Gasteiger partial charge in [0.1, 0.15) is 0 Å². The molecule has 23 heavy (non-hydrogen) atoms. The summed E-state index contributed by atoms with van der Waals surface area (Å²) in [5, 5.41) is 11.5. The average molecular weight is 339 g/mol. The van der Waals surface area contributed by atoms with Crippen molar-refractivity contribution < 1.29 is 4.79 Å². The molecule has 1 amide bonds. The normalized spacial score (nSPS) is 11.8. The zero-order valence-electron chi connectivity index (χ0n) is 12.3. The van der Waals surface area contributed by atoms with Gasteiger partial charge in [0.05, 0.1) is 27.1 Å². The standard InChI is InChI=1S/C17H13N3OS2/c1-11(16(21)19-13-6-4-5-12(9-13)10-18)22-17-20-14-7-2-3-8-15(14)23-17/h2-9,11H,1H3,(H,19,21). The second kappa shape index (κ2) is 6.82. The molecule has 0 spiro atoms. The number of fused-ring (bicyclic) bond motifs is 1. The molecule has 3 aromatic rings. The van der Waals surface area contributed by atoms with Crippen molar-refractivity contribution >= 4 is 44.9 Å². The predicted octanol–water partition coefficient (Wildman–Crippen LogP) is 4.29. The maximum Gasteiger partial charge on any atom is 0.237 e. The fraction of sp³-hybridized carbons (Fsp3) is 0.118. The molecule has 3 rings (SSSR count). The van der Waals surface area contributed by atoms with Crippen LogP contribution < -0.4 is 5.32 Å². The third-order valence-electron chi connectivity index (χ3n) is 3.18. The molecule has 4 nitrogen and oxygen atoms in total. The highest BCUT2D eigenvalue weighted by molar-refractivity contribution is 8.02. The third-order valence-corrected chi connectivity index (χ3v) is 5.41. The molecule has 114 valence electrons. The highest BCUT2D eigenvalue weighted by atomic mass is 32.2. The number of thioether (sulfide) groups is 1. The van der Waals surface area contributed by atoms with E-state index in [2.05, 4.69) is 16.4 Å². The van der Waals surface area contributed by atoms with Crippen molar-refractivity contribution in [1.82, 2.24) is 4.98 Å². The van der Waals surface area contributed by atoms with Crippen LogP contribution in [-0.2, 0) is 4.79 Å². The Morgan fingerprint density at radius 3 is 2.91 bits per heavy atom. The maximum atomic E-state index is 12.3. The molecule has 2 aromatic carbocycles. The SMILES string of the molecule is CC(Sc1nc2ccccc2s1)C(=O)Nc1cccc(C#N)c1. The van der Waals surface area contributed by atoms with Crippen molar-refractivity contribution in [2.24, 2.45) is 0 Å². The summed E-state index contributed by atoms with van der Waals surface area (Å²) in [5.74, 6) is -0.107. The Bertz CT molecular complexity index is 865. The summed E-state index contributed by atoms with van der Waals surface area (Å²) in [4.78, 5) is 16.8. The van der Waals surface area contributed by atoms with E-state index in [0.29, 0.717) is 11.3 Å². The summed E-state index contributed by atoms with van der Waals surface area (Å²) < 4.78 is 1.99. The number of hydrogen-bond acceptors (Lipinski definition) is 5. The molecule has 0 saturated heterocycles. The first kappa shape index (κ1) is 15.5. The summed E-state index contributed by atoms with van der Waals surface area (Å²) in [5.41, 5.74) is 2.11. The highest BCUT2D eigenvalue weighted by Gasteiger charge is 2.17. The van der Waals surface area contributed by atoms with Crippen LogP contribution in [0.5, 0.6) is 0 Å². The zero-order chi connectivity index (χ0) is 16.2. The second-order valence-electron chi connectivity index (χ2n) is 4.89. The second-order valence-corrected chi connectivity index (χ2v) is 7.51. The molecule has 1 N–H and O–H groups in total. The van der Waals surface area contributed by atoms with Crippen LogP contribution in [0.25, 0.3) is 10.2 Å². The Kier molecular flexibility index (Phi) is 4.60. The quantitative estimate of drug-likeness (QED) is 0.720. The number of benzene rings is 2. The molecule has 0 saturated carbocycles. The molecule has 0 radical (unpaired) electrons. The zero-order valence-corrected chi connectivity index (χ0v) is 13.9.